The maximum absolute atomic E-state index is 11.7. The Kier molecular flexibility index (Phi) is 10.1. The van der Waals surface area contributed by atoms with Gasteiger partial charge in [0.1, 0.15) is 6.04 Å². The fourth-order valence-corrected chi connectivity index (χ4v) is 1.76. The van der Waals surface area contributed by atoms with Crippen LogP contribution in [0.5, 0.6) is 0 Å². The maximum atomic E-state index is 11.7. The van der Waals surface area contributed by atoms with Gasteiger partial charge in [0.25, 0.3) is 0 Å². The molecule has 0 saturated carbocycles. The maximum Gasteiger partial charge on any atom is 0.326 e. The molecule has 112 valence electrons. The first-order valence-corrected chi connectivity index (χ1v) is 6.72. The molecule has 2 unspecified atom stereocenters. The van der Waals surface area contributed by atoms with Gasteiger partial charge in [-0.05, 0) is 38.1 Å². The summed E-state index contributed by atoms with van der Waals surface area (Å²) in [5, 5.41) is 11.6. The monoisotopic (exact) mass is 274 g/mol. The summed E-state index contributed by atoms with van der Waals surface area (Å²) < 4.78 is 4.87. The normalized spacial score (nSPS) is 13.8. The molecule has 0 aromatic rings. The quantitative estimate of drug-likeness (QED) is 0.482. The zero-order valence-electron chi connectivity index (χ0n) is 11.9. The minimum absolute atomic E-state index is 0.214. The molecule has 0 fully saturated rings. The highest BCUT2D eigenvalue weighted by Gasteiger charge is 2.19. The van der Waals surface area contributed by atoms with E-state index in [9.17, 15) is 9.59 Å². The second-order valence-electron chi connectivity index (χ2n) is 4.81. The van der Waals surface area contributed by atoms with Crippen molar-refractivity contribution in [3.63, 3.8) is 0 Å². The highest BCUT2D eigenvalue weighted by atomic mass is 16.5. The summed E-state index contributed by atoms with van der Waals surface area (Å²) >= 11 is 0. The third-order valence-corrected chi connectivity index (χ3v) is 3.00. The number of amides is 1. The van der Waals surface area contributed by atoms with Gasteiger partial charge in [0.05, 0.1) is 0 Å². The number of nitrogens with one attached hydrogen (secondary N) is 1. The van der Waals surface area contributed by atoms with Crippen LogP contribution in [0.2, 0.25) is 0 Å². The number of methoxy groups -OCH3 is 1. The Morgan fingerprint density at radius 3 is 2.53 bits per heavy atom. The number of ether oxygens (including phenoxy) is 1. The van der Waals surface area contributed by atoms with Crippen LogP contribution < -0.4 is 11.1 Å². The Labute approximate surface area is 114 Å². The van der Waals surface area contributed by atoms with Crippen molar-refractivity contribution in [2.75, 3.05) is 20.3 Å². The van der Waals surface area contributed by atoms with Crippen molar-refractivity contribution in [2.45, 2.75) is 45.1 Å². The second-order valence-corrected chi connectivity index (χ2v) is 4.81. The summed E-state index contributed by atoms with van der Waals surface area (Å²) in [5.74, 6) is -0.833. The van der Waals surface area contributed by atoms with E-state index in [-0.39, 0.29) is 5.91 Å². The molecule has 0 aromatic heterocycles. The van der Waals surface area contributed by atoms with Crippen molar-refractivity contribution >= 4 is 11.9 Å². The van der Waals surface area contributed by atoms with Gasteiger partial charge in [0.15, 0.2) is 0 Å². The van der Waals surface area contributed by atoms with Crippen molar-refractivity contribution in [1.82, 2.24) is 5.32 Å². The molecule has 0 radical (unpaired) electrons. The van der Waals surface area contributed by atoms with E-state index in [2.05, 4.69) is 5.32 Å². The van der Waals surface area contributed by atoms with E-state index in [0.717, 1.165) is 12.8 Å². The van der Waals surface area contributed by atoms with Crippen LogP contribution in [0.15, 0.2) is 0 Å². The first kappa shape index (κ1) is 17.9. The van der Waals surface area contributed by atoms with Crippen LogP contribution >= 0.6 is 0 Å². The molecule has 0 aromatic carbocycles. The Morgan fingerprint density at radius 2 is 2.00 bits per heavy atom. The molecule has 6 nitrogen and oxygen atoms in total. The molecule has 2 atom stereocenters. The molecule has 0 aliphatic carbocycles. The van der Waals surface area contributed by atoms with E-state index in [4.69, 9.17) is 15.6 Å². The number of carboxylic acid groups (broad SMARTS) is 1. The van der Waals surface area contributed by atoms with Crippen LogP contribution in [-0.4, -0.2) is 43.3 Å². The Morgan fingerprint density at radius 1 is 1.32 bits per heavy atom. The number of hydrogen-bond donors (Lipinski definition) is 3. The number of aliphatic carboxylic acids is 1. The molecule has 0 aliphatic heterocycles. The van der Waals surface area contributed by atoms with Gasteiger partial charge in [0, 0.05) is 20.1 Å². The van der Waals surface area contributed by atoms with Gasteiger partial charge >= 0.3 is 5.97 Å². The SMILES string of the molecule is COCCCC(NC(=O)CCC(C)CCN)C(=O)O. The van der Waals surface area contributed by atoms with Gasteiger partial charge in [-0.1, -0.05) is 6.92 Å². The minimum Gasteiger partial charge on any atom is -0.480 e. The molecular weight excluding hydrogens is 248 g/mol. The number of nitrogens with two attached hydrogens (primary N) is 1. The van der Waals surface area contributed by atoms with E-state index in [0.29, 0.717) is 38.3 Å². The summed E-state index contributed by atoms with van der Waals surface area (Å²) in [7, 11) is 1.56. The van der Waals surface area contributed by atoms with E-state index in [1.807, 2.05) is 6.92 Å². The Bertz CT molecular complexity index is 271. The zero-order chi connectivity index (χ0) is 14.7. The largest absolute Gasteiger partial charge is 0.480 e. The number of hydrogen-bond acceptors (Lipinski definition) is 4. The molecule has 0 saturated heterocycles. The first-order chi connectivity index (χ1) is 9.01. The molecule has 1 amide bonds. The van der Waals surface area contributed by atoms with E-state index >= 15 is 0 Å². The van der Waals surface area contributed by atoms with Crippen LogP contribution in [0.4, 0.5) is 0 Å². The standard InChI is InChI=1S/C13H26N2O4/c1-10(7-8-14)5-6-12(16)15-11(13(17)18)4-3-9-19-2/h10-11H,3-9,14H2,1-2H3,(H,15,16)(H,17,18). The lowest BCUT2D eigenvalue weighted by atomic mass is 10.0. The molecule has 0 aliphatic rings. The van der Waals surface area contributed by atoms with Crippen molar-refractivity contribution in [2.24, 2.45) is 11.7 Å². The smallest absolute Gasteiger partial charge is 0.326 e. The summed E-state index contributed by atoms with van der Waals surface area (Å²) in [6, 6.07) is -0.826. The molecule has 19 heavy (non-hydrogen) atoms. The molecule has 0 rings (SSSR count). The molecular formula is C13H26N2O4. The van der Waals surface area contributed by atoms with Crippen molar-refractivity contribution in [3.05, 3.63) is 0 Å². The molecule has 0 bridgehead atoms. The minimum atomic E-state index is -1.00. The second kappa shape index (κ2) is 10.8. The van der Waals surface area contributed by atoms with Crippen molar-refractivity contribution in [3.8, 4) is 0 Å². The lowest BCUT2D eigenvalue weighted by Gasteiger charge is -2.15. The number of carboxylic acids is 1. The summed E-state index contributed by atoms with van der Waals surface area (Å²) in [5.41, 5.74) is 5.43. The van der Waals surface area contributed by atoms with Crippen LogP contribution in [-0.2, 0) is 14.3 Å². The topological polar surface area (TPSA) is 102 Å². The van der Waals surface area contributed by atoms with Gasteiger partial charge in [-0.3, -0.25) is 4.79 Å². The van der Waals surface area contributed by atoms with E-state index in [1.54, 1.807) is 7.11 Å². The average molecular weight is 274 g/mol. The summed E-state index contributed by atoms with van der Waals surface area (Å²) in [6.45, 7) is 3.14. The van der Waals surface area contributed by atoms with Gasteiger partial charge in [0.2, 0.25) is 5.91 Å². The average Bonchev–Trinajstić information content (AvgIpc) is 2.35. The highest BCUT2D eigenvalue weighted by molar-refractivity contribution is 5.83. The van der Waals surface area contributed by atoms with Gasteiger partial charge in [-0.15, -0.1) is 0 Å². The molecule has 0 spiro atoms. The summed E-state index contributed by atoms with van der Waals surface area (Å²) in [4.78, 5) is 22.7. The van der Waals surface area contributed by atoms with Crippen molar-refractivity contribution in [1.29, 1.82) is 0 Å². The molecule has 4 N–H and O–H groups in total. The number of carbonyl (C=O) groups is 2. The van der Waals surface area contributed by atoms with Crippen LogP contribution in [0.25, 0.3) is 0 Å². The summed E-state index contributed by atoms with van der Waals surface area (Å²) in [6.07, 6.45) is 2.94. The highest BCUT2D eigenvalue weighted by Crippen LogP contribution is 2.09. The van der Waals surface area contributed by atoms with Gasteiger partial charge in [-0.2, -0.15) is 0 Å². The Hall–Kier alpha value is -1.14. The van der Waals surface area contributed by atoms with Crippen molar-refractivity contribution < 1.29 is 19.4 Å². The lowest BCUT2D eigenvalue weighted by molar-refractivity contribution is -0.142. The predicted octanol–water partition coefficient (Wildman–Crippen LogP) is 0.748. The third-order valence-electron chi connectivity index (χ3n) is 3.00. The fraction of sp³-hybridized carbons (Fsp3) is 0.846. The van der Waals surface area contributed by atoms with Crippen LogP contribution in [0, 0.1) is 5.92 Å². The van der Waals surface area contributed by atoms with Gasteiger partial charge in [-0.25, -0.2) is 4.79 Å². The number of rotatable bonds is 11. The lowest BCUT2D eigenvalue weighted by Crippen LogP contribution is -2.40. The van der Waals surface area contributed by atoms with E-state index in [1.165, 1.54) is 0 Å². The first-order valence-electron chi connectivity index (χ1n) is 6.72. The van der Waals surface area contributed by atoms with Crippen LogP contribution in [0.3, 0.4) is 0 Å². The van der Waals surface area contributed by atoms with E-state index < -0.39 is 12.0 Å². The van der Waals surface area contributed by atoms with Gasteiger partial charge < -0.3 is 20.9 Å². The molecule has 0 heterocycles. The van der Waals surface area contributed by atoms with Crippen LogP contribution in [0.1, 0.15) is 39.0 Å². The fourth-order valence-electron chi connectivity index (χ4n) is 1.76. The number of carbonyl (C=O) groups excluding carboxylic acids is 1. The Balaban J connectivity index is 3.99. The zero-order valence-corrected chi connectivity index (χ0v) is 11.9. The third kappa shape index (κ3) is 9.44. The molecule has 6 heteroatoms. The predicted molar refractivity (Wildman–Crippen MR) is 72.7 cm³/mol.